The summed E-state index contributed by atoms with van der Waals surface area (Å²) in [5.41, 5.74) is 9.35. The van der Waals surface area contributed by atoms with Crippen LogP contribution in [0.25, 0.3) is 0 Å². The van der Waals surface area contributed by atoms with Crippen molar-refractivity contribution >= 4 is 11.4 Å². The Balaban J connectivity index is 2.20. The van der Waals surface area contributed by atoms with Crippen LogP contribution in [0.1, 0.15) is 32.3 Å². The summed E-state index contributed by atoms with van der Waals surface area (Å²) in [5, 5.41) is 0. The van der Waals surface area contributed by atoms with E-state index in [1.165, 1.54) is 24.1 Å². The minimum Gasteiger partial charge on any atom is -0.398 e. The third kappa shape index (κ3) is 2.49. The molecule has 0 aliphatic heterocycles. The van der Waals surface area contributed by atoms with Crippen molar-refractivity contribution in [3.8, 4) is 0 Å². The Morgan fingerprint density at radius 2 is 2.06 bits per heavy atom. The third-order valence-electron chi connectivity index (χ3n) is 3.14. The highest BCUT2D eigenvalue weighted by molar-refractivity contribution is 5.60. The number of aryl methyl sites for hydroxylation is 1. The van der Waals surface area contributed by atoms with E-state index in [0.717, 1.165) is 18.3 Å². The van der Waals surface area contributed by atoms with Gasteiger partial charge in [0, 0.05) is 24.0 Å². The molecule has 16 heavy (non-hydrogen) atoms. The largest absolute Gasteiger partial charge is 0.398 e. The number of nitrogen functional groups attached to an aromatic ring is 1. The third-order valence-corrected chi connectivity index (χ3v) is 3.14. The van der Waals surface area contributed by atoms with Crippen molar-refractivity contribution in [2.24, 2.45) is 5.92 Å². The fourth-order valence-corrected chi connectivity index (χ4v) is 2.05. The van der Waals surface area contributed by atoms with Crippen LogP contribution in [0.2, 0.25) is 0 Å². The van der Waals surface area contributed by atoms with Gasteiger partial charge in [0.15, 0.2) is 0 Å². The zero-order valence-electron chi connectivity index (χ0n) is 10.5. The molecule has 2 heteroatoms. The number of nitrogens with two attached hydrogens (primary N) is 1. The van der Waals surface area contributed by atoms with E-state index in [1.807, 2.05) is 0 Å². The highest BCUT2D eigenvalue weighted by Gasteiger charge is 2.29. The second-order valence-corrected chi connectivity index (χ2v) is 5.32. The molecule has 1 fully saturated rings. The van der Waals surface area contributed by atoms with Crippen LogP contribution in [-0.4, -0.2) is 12.6 Å². The highest BCUT2D eigenvalue weighted by atomic mass is 15.2. The van der Waals surface area contributed by atoms with Crippen LogP contribution in [0.5, 0.6) is 0 Å². The molecule has 1 aromatic carbocycles. The molecule has 1 aliphatic rings. The minimum atomic E-state index is 0.697. The maximum absolute atomic E-state index is 5.98. The first-order valence-electron chi connectivity index (χ1n) is 6.20. The van der Waals surface area contributed by atoms with Gasteiger partial charge < -0.3 is 10.6 Å². The van der Waals surface area contributed by atoms with Crippen molar-refractivity contribution in [2.45, 2.75) is 39.7 Å². The lowest BCUT2D eigenvalue weighted by Crippen LogP contribution is -2.29. The lowest BCUT2D eigenvalue weighted by molar-refractivity contribution is 0.607. The maximum Gasteiger partial charge on any atom is 0.0389 e. The number of hydrogen-bond acceptors (Lipinski definition) is 2. The first kappa shape index (κ1) is 11.3. The normalized spacial score (nSPS) is 15.5. The van der Waals surface area contributed by atoms with Crippen molar-refractivity contribution in [2.75, 3.05) is 17.2 Å². The Hall–Kier alpha value is -1.18. The molecular weight excluding hydrogens is 196 g/mol. The van der Waals surface area contributed by atoms with Crippen LogP contribution >= 0.6 is 0 Å². The molecule has 88 valence electrons. The summed E-state index contributed by atoms with van der Waals surface area (Å²) in [6.07, 6.45) is 2.67. The quantitative estimate of drug-likeness (QED) is 0.786. The molecular formula is C14H22N2. The summed E-state index contributed by atoms with van der Waals surface area (Å²) in [7, 11) is 0. The zero-order chi connectivity index (χ0) is 11.7. The first-order chi connectivity index (χ1) is 7.58. The van der Waals surface area contributed by atoms with E-state index in [0.29, 0.717) is 5.92 Å². The fraction of sp³-hybridized carbons (Fsp3) is 0.571. The number of hydrogen-bond donors (Lipinski definition) is 1. The topological polar surface area (TPSA) is 29.3 Å². The number of nitrogens with zero attached hydrogens (tertiary/aromatic N) is 1. The predicted octanol–water partition coefficient (Wildman–Crippen LogP) is 3.20. The van der Waals surface area contributed by atoms with Crippen LogP contribution in [0.3, 0.4) is 0 Å². The van der Waals surface area contributed by atoms with Gasteiger partial charge in [-0.15, -0.1) is 0 Å². The second-order valence-electron chi connectivity index (χ2n) is 5.32. The van der Waals surface area contributed by atoms with Crippen LogP contribution in [0, 0.1) is 12.8 Å². The molecule has 0 aromatic heterocycles. The maximum atomic E-state index is 5.98. The van der Waals surface area contributed by atoms with Gasteiger partial charge in [0.05, 0.1) is 0 Å². The van der Waals surface area contributed by atoms with E-state index < -0.39 is 0 Å². The van der Waals surface area contributed by atoms with Crippen molar-refractivity contribution < 1.29 is 0 Å². The molecule has 0 saturated heterocycles. The molecule has 0 atom stereocenters. The Bertz CT molecular complexity index is 367. The lowest BCUT2D eigenvalue weighted by atomic mass is 10.1. The molecule has 0 unspecified atom stereocenters. The molecule has 0 radical (unpaired) electrons. The van der Waals surface area contributed by atoms with Crippen LogP contribution in [-0.2, 0) is 0 Å². The van der Waals surface area contributed by atoms with Crippen molar-refractivity contribution in [1.82, 2.24) is 0 Å². The van der Waals surface area contributed by atoms with E-state index in [2.05, 4.69) is 43.9 Å². The van der Waals surface area contributed by atoms with Crippen molar-refractivity contribution in [3.63, 3.8) is 0 Å². The number of rotatable bonds is 4. The molecule has 2 rings (SSSR count). The summed E-state index contributed by atoms with van der Waals surface area (Å²) >= 11 is 0. The molecule has 1 aromatic rings. The number of benzene rings is 1. The monoisotopic (exact) mass is 218 g/mol. The Kier molecular flexibility index (Phi) is 3.08. The molecule has 1 aliphatic carbocycles. The minimum absolute atomic E-state index is 0.697. The predicted molar refractivity (Wildman–Crippen MR) is 70.8 cm³/mol. The first-order valence-corrected chi connectivity index (χ1v) is 6.20. The van der Waals surface area contributed by atoms with E-state index in [4.69, 9.17) is 5.73 Å². The van der Waals surface area contributed by atoms with Gasteiger partial charge in [-0.05, 0) is 43.4 Å². The van der Waals surface area contributed by atoms with Gasteiger partial charge in [0.1, 0.15) is 0 Å². The molecule has 0 amide bonds. The smallest absolute Gasteiger partial charge is 0.0389 e. The Morgan fingerprint density at radius 3 is 2.56 bits per heavy atom. The van der Waals surface area contributed by atoms with E-state index >= 15 is 0 Å². The summed E-state index contributed by atoms with van der Waals surface area (Å²) < 4.78 is 0. The fourth-order valence-electron chi connectivity index (χ4n) is 2.05. The van der Waals surface area contributed by atoms with Gasteiger partial charge in [-0.25, -0.2) is 0 Å². The van der Waals surface area contributed by atoms with E-state index in [1.54, 1.807) is 0 Å². The average molecular weight is 218 g/mol. The van der Waals surface area contributed by atoms with Crippen LogP contribution in [0.15, 0.2) is 18.2 Å². The van der Waals surface area contributed by atoms with Gasteiger partial charge in [0.25, 0.3) is 0 Å². The number of anilines is 2. The molecule has 2 nitrogen and oxygen atoms in total. The van der Waals surface area contributed by atoms with Crippen LogP contribution < -0.4 is 10.6 Å². The molecule has 0 bridgehead atoms. The zero-order valence-corrected chi connectivity index (χ0v) is 10.5. The average Bonchev–Trinajstić information content (AvgIpc) is 3.02. The van der Waals surface area contributed by atoms with Crippen LogP contribution in [0.4, 0.5) is 11.4 Å². The summed E-state index contributed by atoms with van der Waals surface area (Å²) in [6.45, 7) is 7.73. The summed E-state index contributed by atoms with van der Waals surface area (Å²) in [5.74, 6) is 0.697. The Labute approximate surface area is 98.4 Å². The van der Waals surface area contributed by atoms with E-state index in [9.17, 15) is 0 Å². The summed E-state index contributed by atoms with van der Waals surface area (Å²) in [4.78, 5) is 2.51. The molecule has 2 N–H and O–H groups in total. The second kappa shape index (κ2) is 4.36. The standard InChI is InChI=1S/C14H22N2/c1-10(2)9-16(12-6-7-12)13-5-4-11(3)14(15)8-13/h4-5,8,10,12H,6-7,9,15H2,1-3H3. The lowest BCUT2D eigenvalue weighted by Gasteiger charge is -2.27. The van der Waals surface area contributed by atoms with Crippen molar-refractivity contribution in [3.05, 3.63) is 23.8 Å². The van der Waals surface area contributed by atoms with E-state index in [-0.39, 0.29) is 0 Å². The Morgan fingerprint density at radius 1 is 1.38 bits per heavy atom. The van der Waals surface area contributed by atoms with Gasteiger partial charge in [-0.3, -0.25) is 0 Å². The SMILES string of the molecule is Cc1ccc(N(CC(C)C)C2CC2)cc1N. The molecule has 0 heterocycles. The molecule has 0 spiro atoms. The van der Waals surface area contributed by atoms with Gasteiger partial charge in [0.2, 0.25) is 0 Å². The van der Waals surface area contributed by atoms with Gasteiger partial charge in [-0.2, -0.15) is 0 Å². The highest BCUT2D eigenvalue weighted by Crippen LogP contribution is 2.33. The van der Waals surface area contributed by atoms with Gasteiger partial charge >= 0.3 is 0 Å². The van der Waals surface area contributed by atoms with Gasteiger partial charge in [-0.1, -0.05) is 19.9 Å². The summed E-state index contributed by atoms with van der Waals surface area (Å²) in [6, 6.07) is 7.20. The van der Waals surface area contributed by atoms with Crippen molar-refractivity contribution in [1.29, 1.82) is 0 Å². The molecule has 1 saturated carbocycles.